The molecule has 1 amide bonds. The third-order valence-electron chi connectivity index (χ3n) is 5.49. The van der Waals surface area contributed by atoms with Gasteiger partial charge in [-0.25, -0.2) is 4.98 Å². The monoisotopic (exact) mass is 387 g/mol. The number of imidazole rings is 1. The number of hydrogen-bond donors (Lipinski definition) is 0. The molecule has 0 saturated carbocycles. The van der Waals surface area contributed by atoms with Gasteiger partial charge in [0, 0.05) is 43.7 Å². The number of fused-ring (bicyclic) bond motifs is 2. The van der Waals surface area contributed by atoms with Crippen molar-refractivity contribution >= 4 is 11.6 Å². The zero-order valence-corrected chi connectivity index (χ0v) is 16.6. The Morgan fingerprint density at radius 1 is 1.14 bits per heavy atom. The second-order valence-electron chi connectivity index (χ2n) is 7.22. The van der Waals surface area contributed by atoms with Gasteiger partial charge in [-0.05, 0) is 42.3 Å². The summed E-state index contributed by atoms with van der Waals surface area (Å²) < 4.78 is 9.40. The zero-order chi connectivity index (χ0) is 20.1. The van der Waals surface area contributed by atoms with Crippen molar-refractivity contribution < 1.29 is 9.53 Å². The first-order chi connectivity index (χ1) is 14.1. The van der Waals surface area contributed by atoms with E-state index in [9.17, 15) is 4.79 Å². The molecule has 0 bridgehead atoms. The van der Waals surface area contributed by atoms with E-state index in [1.807, 2.05) is 55.8 Å². The third kappa shape index (κ3) is 2.69. The number of aryl methyl sites for hydroxylation is 1. The highest BCUT2D eigenvalue weighted by Gasteiger charge is 2.30. The predicted molar refractivity (Wildman–Crippen MR) is 110 cm³/mol. The number of hydrogen-bond acceptors (Lipinski definition) is 4. The van der Waals surface area contributed by atoms with Gasteiger partial charge in [0.2, 0.25) is 0 Å². The Labute approximate surface area is 168 Å². The van der Waals surface area contributed by atoms with Gasteiger partial charge in [0.15, 0.2) is 0 Å². The highest BCUT2D eigenvalue weighted by atomic mass is 16.5. The molecule has 146 valence electrons. The predicted octanol–water partition coefficient (Wildman–Crippen LogP) is 3.39. The molecule has 0 saturated heterocycles. The summed E-state index contributed by atoms with van der Waals surface area (Å²) in [5, 5.41) is 4.24. The molecule has 0 atom stereocenters. The molecule has 1 aliphatic heterocycles. The van der Waals surface area contributed by atoms with E-state index in [-0.39, 0.29) is 5.91 Å². The quantitative estimate of drug-likeness (QED) is 0.538. The van der Waals surface area contributed by atoms with E-state index in [1.54, 1.807) is 11.8 Å². The average Bonchev–Trinajstić information content (AvgIpc) is 3.43. The summed E-state index contributed by atoms with van der Waals surface area (Å²) in [4.78, 5) is 19.0. The maximum absolute atomic E-state index is 12.6. The van der Waals surface area contributed by atoms with Gasteiger partial charge in [0.25, 0.3) is 5.91 Å². The SMILES string of the molecule is CCN1Cc2cc(-c3cnc4cc(-c5cnn(C)c5)ccn34)cc(OC)c2C1=O. The summed E-state index contributed by atoms with van der Waals surface area (Å²) in [5.74, 6) is 0.644. The van der Waals surface area contributed by atoms with Gasteiger partial charge in [-0.1, -0.05) is 0 Å². The van der Waals surface area contributed by atoms with Crippen LogP contribution in [0, 0.1) is 0 Å². The number of nitrogens with zero attached hydrogens (tertiary/aromatic N) is 5. The van der Waals surface area contributed by atoms with Crippen LogP contribution < -0.4 is 4.74 Å². The lowest BCUT2D eigenvalue weighted by Crippen LogP contribution is -2.23. The average molecular weight is 387 g/mol. The molecule has 7 heteroatoms. The number of benzene rings is 1. The van der Waals surface area contributed by atoms with Gasteiger partial charge in [-0.15, -0.1) is 0 Å². The molecule has 1 aliphatic rings. The fraction of sp³-hybridized carbons (Fsp3) is 0.227. The van der Waals surface area contributed by atoms with Crippen molar-refractivity contribution in [3.63, 3.8) is 0 Å². The van der Waals surface area contributed by atoms with Crippen LogP contribution in [-0.2, 0) is 13.6 Å². The maximum atomic E-state index is 12.6. The maximum Gasteiger partial charge on any atom is 0.258 e. The molecule has 0 radical (unpaired) electrons. The van der Waals surface area contributed by atoms with Gasteiger partial charge in [-0.3, -0.25) is 13.9 Å². The van der Waals surface area contributed by atoms with Gasteiger partial charge < -0.3 is 9.64 Å². The molecule has 7 nitrogen and oxygen atoms in total. The van der Waals surface area contributed by atoms with Crippen LogP contribution in [0.2, 0.25) is 0 Å². The Hall–Kier alpha value is -3.61. The highest BCUT2D eigenvalue weighted by Crippen LogP contribution is 2.36. The number of rotatable bonds is 4. The Morgan fingerprint density at radius 3 is 2.72 bits per heavy atom. The number of carbonyl (C=O) groups is 1. The van der Waals surface area contributed by atoms with E-state index in [0.717, 1.165) is 33.6 Å². The summed E-state index contributed by atoms with van der Waals surface area (Å²) in [6.45, 7) is 3.27. The molecule has 0 N–H and O–H groups in total. The molecular weight excluding hydrogens is 366 g/mol. The molecule has 3 aromatic heterocycles. The minimum Gasteiger partial charge on any atom is -0.496 e. The third-order valence-corrected chi connectivity index (χ3v) is 5.49. The van der Waals surface area contributed by atoms with Crippen molar-refractivity contribution in [1.29, 1.82) is 0 Å². The van der Waals surface area contributed by atoms with E-state index in [2.05, 4.69) is 26.6 Å². The molecular formula is C22H21N5O2. The van der Waals surface area contributed by atoms with E-state index in [4.69, 9.17) is 4.74 Å². The Morgan fingerprint density at radius 2 is 2.00 bits per heavy atom. The van der Waals surface area contributed by atoms with Gasteiger partial charge in [0.05, 0.1) is 30.8 Å². The second kappa shape index (κ2) is 6.48. The number of ether oxygens (including phenoxy) is 1. The lowest BCUT2D eigenvalue weighted by molar-refractivity contribution is 0.0784. The number of pyridine rings is 1. The first-order valence-electron chi connectivity index (χ1n) is 9.55. The smallest absolute Gasteiger partial charge is 0.258 e. The molecule has 0 unspecified atom stereocenters. The van der Waals surface area contributed by atoms with E-state index in [0.29, 0.717) is 24.4 Å². The first kappa shape index (κ1) is 17.5. The van der Waals surface area contributed by atoms with Crippen LogP contribution in [0.15, 0.2) is 49.1 Å². The lowest BCUT2D eigenvalue weighted by Gasteiger charge is -2.11. The van der Waals surface area contributed by atoms with Crippen molar-refractivity contribution in [1.82, 2.24) is 24.1 Å². The van der Waals surface area contributed by atoms with Crippen LogP contribution in [0.1, 0.15) is 22.8 Å². The molecule has 0 aliphatic carbocycles. The lowest BCUT2D eigenvalue weighted by atomic mass is 10.0. The van der Waals surface area contributed by atoms with Gasteiger partial charge in [0.1, 0.15) is 11.4 Å². The Balaban J connectivity index is 1.61. The van der Waals surface area contributed by atoms with Gasteiger partial charge >= 0.3 is 0 Å². The zero-order valence-electron chi connectivity index (χ0n) is 16.6. The molecule has 1 aromatic carbocycles. The number of amides is 1. The molecule has 4 aromatic rings. The largest absolute Gasteiger partial charge is 0.496 e. The first-order valence-corrected chi connectivity index (χ1v) is 9.55. The number of aromatic nitrogens is 4. The number of methoxy groups -OCH3 is 1. The van der Waals surface area contributed by atoms with E-state index < -0.39 is 0 Å². The van der Waals surface area contributed by atoms with Crippen LogP contribution in [0.4, 0.5) is 0 Å². The van der Waals surface area contributed by atoms with Crippen LogP contribution in [0.5, 0.6) is 5.75 Å². The summed E-state index contributed by atoms with van der Waals surface area (Å²) >= 11 is 0. The minimum absolute atomic E-state index is 0.0326. The van der Waals surface area contributed by atoms with Crippen LogP contribution >= 0.6 is 0 Å². The normalized spacial score (nSPS) is 13.3. The van der Waals surface area contributed by atoms with Crippen LogP contribution in [0.3, 0.4) is 0 Å². The highest BCUT2D eigenvalue weighted by molar-refractivity contribution is 6.01. The van der Waals surface area contributed by atoms with Crippen molar-refractivity contribution in [2.24, 2.45) is 7.05 Å². The van der Waals surface area contributed by atoms with Crippen LogP contribution in [-0.4, -0.2) is 43.6 Å². The molecule has 4 heterocycles. The van der Waals surface area contributed by atoms with Crippen LogP contribution in [0.25, 0.3) is 28.0 Å². The van der Waals surface area contributed by atoms with E-state index >= 15 is 0 Å². The topological polar surface area (TPSA) is 64.7 Å². The minimum atomic E-state index is 0.0326. The Kier molecular flexibility index (Phi) is 3.91. The summed E-state index contributed by atoms with van der Waals surface area (Å²) in [7, 11) is 3.51. The summed E-state index contributed by atoms with van der Waals surface area (Å²) in [6.07, 6.45) is 7.70. The summed E-state index contributed by atoms with van der Waals surface area (Å²) in [5.41, 5.74) is 6.58. The number of carbonyl (C=O) groups excluding carboxylic acids is 1. The molecule has 5 rings (SSSR count). The van der Waals surface area contributed by atoms with Crippen molar-refractivity contribution in [3.05, 3.63) is 60.2 Å². The fourth-order valence-electron chi connectivity index (χ4n) is 3.98. The fourth-order valence-corrected chi connectivity index (χ4v) is 3.98. The molecule has 29 heavy (non-hydrogen) atoms. The van der Waals surface area contributed by atoms with Gasteiger partial charge in [-0.2, -0.15) is 5.10 Å². The van der Waals surface area contributed by atoms with E-state index in [1.165, 1.54) is 0 Å². The molecule has 0 spiro atoms. The Bertz CT molecular complexity index is 1250. The standard InChI is InChI=1S/C22H21N5O2/c1-4-26-13-16-7-15(8-19(29-3)21(16)22(26)28)18-11-23-20-9-14(5-6-27(18)20)17-10-24-25(2)12-17/h5-12H,4,13H2,1-3H3. The van der Waals surface area contributed by atoms with Crippen molar-refractivity contribution in [2.75, 3.05) is 13.7 Å². The summed E-state index contributed by atoms with van der Waals surface area (Å²) in [6, 6.07) is 8.11. The van der Waals surface area contributed by atoms with Crippen molar-refractivity contribution in [2.45, 2.75) is 13.5 Å². The second-order valence-corrected chi connectivity index (χ2v) is 7.22. The molecule has 0 fully saturated rings. The van der Waals surface area contributed by atoms with Crippen molar-refractivity contribution in [3.8, 4) is 28.1 Å².